The first kappa shape index (κ1) is 20.5. The van der Waals surface area contributed by atoms with Gasteiger partial charge < -0.3 is 14.6 Å². The normalized spacial score (nSPS) is 10.7. The van der Waals surface area contributed by atoms with Crippen LogP contribution in [0.25, 0.3) is 0 Å². The van der Waals surface area contributed by atoms with E-state index in [4.69, 9.17) is 17.0 Å². The van der Waals surface area contributed by atoms with Crippen LogP contribution in [0.1, 0.15) is 23.2 Å². The van der Waals surface area contributed by atoms with Gasteiger partial charge in [0.2, 0.25) is 0 Å². The number of carbonyl (C=O) groups is 1. The van der Waals surface area contributed by atoms with Gasteiger partial charge in [0, 0.05) is 25.6 Å². The van der Waals surface area contributed by atoms with Gasteiger partial charge >= 0.3 is 0 Å². The maximum absolute atomic E-state index is 12.4. The summed E-state index contributed by atoms with van der Waals surface area (Å²) in [6.45, 7) is 3.55. The monoisotopic (exact) mass is 414 g/mol. The van der Waals surface area contributed by atoms with Crippen LogP contribution in [0.5, 0.6) is 5.75 Å². The third kappa shape index (κ3) is 5.38. The van der Waals surface area contributed by atoms with Gasteiger partial charge in [-0.15, -0.1) is 0 Å². The summed E-state index contributed by atoms with van der Waals surface area (Å²) in [4.78, 5) is 24.4. The lowest BCUT2D eigenvalue weighted by atomic mass is 10.3. The molecule has 0 aliphatic rings. The summed E-state index contributed by atoms with van der Waals surface area (Å²) >= 11 is 5.15. The maximum Gasteiger partial charge on any atom is 0.271 e. The van der Waals surface area contributed by atoms with Gasteiger partial charge in [0.15, 0.2) is 4.77 Å². The first-order valence-electron chi connectivity index (χ1n) is 9.26. The molecule has 2 aromatic heterocycles. The van der Waals surface area contributed by atoms with E-state index in [0.29, 0.717) is 30.0 Å². The third-order valence-electron chi connectivity index (χ3n) is 4.20. The summed E-state index contributed by atoms with van der Waals surface area (Å²) in [6, 6.07) is 12.0. The van der Waals surface area contributed by atoms with Crippen LogP contribution in [0.2, 0.25) is 0 Å². The summed E-state index contributed by atoms with van der Waals surface area (Å²) in [6.07, 6.45) is 0.525. The smallest absolute Gasteiger partial charge is 0.271 e. The molecule has 2 N–H and O–H groups in total. The fraction of sp³-hybridized carbons (Fsp3) is 0.316. The first-order valence-corrected chi connectivity index (χ1v) is 9.67. The van der Waals surface area contributed by atoms with E-state index in [1.165, 1.54) is 16.8 Å². The number of aromatic amines is 1. The van der Waals surface area contributed by atoms with Crippen molar-refractivity contribution in [2.45, 2.75) is 26.4 Å². The zero-order valence-corrected chi connectivity index (χ0v) is 16.8. The minimum absolute atomic E-state index is 0.165. The molecule has 10 heteroatoms. The highest BCUT2D eigenvalue weighted by atomic mass is 32.1. The quantitative estimate of drug-likeness (QED) is 0.515. The van der Waals surface area contributed by atoms with Crippen LogP contribution in [0.3, 0.4) is 0 Å². The van der Waals surface area contributed by atoms with Crippen molar-refractivity contribution in [2.24, 2.45) is 0 Å². The number of hydrogen-bond acceptors (Lipinski definition) is 6. The van der Waals surface area contributed by atoms with E-state index in [9.17, 15) is 9.59 Å². The zero-order valence-electron chi connectivity index (χ0n) is 16.0. The Kier molecular flexibility index (Phi) is 6.90. The summed E-state index contributed by atoms with van der Waals surface area (Å²) in [5.74, 6) is 1.12. The molecule has 0 bridgehead atoms. The number of ether oxygens (including phenoxy) is 1. The fourth-order valence-corrected chi connectivity index (χ4v) is 3.02. The second kappa shape index (κ2) is 9.78. The summed E-state index contributed by atoms with van der Waals surface area (Å²) < 4.78 is 9.23. The molecular formula is C19H22N6O3S. The lowest BCUT2D eigenvalue weighted by molar-refractivity contribution is 0.0946. The van der Waals surface area contributed by atoms with Gasteiger partial charge in [-0.25, -0.2) is 4.68 Å². The molecule has 9 nitrogen and oxygen atoms in total. The molecule has 0 radical (unpaired) electrons. The Hall–Kier alpha value is -3.27. The minimum atomic E-state index is -0.361. The number of benzene rings is 1. The second-order valence-electron chi connectivity index (χ2n) is 6.14. The number of rotatable bonds is 9. The molecular weight excluding hydrogens is 392 g/mol. The Morgan fingerprint density at radius 3 is 2.79 bits per heavy atom. The van der Waals surface area contributed by atoms with Crippen molar-refractivity contribution in [3.8, 4) is 5.75 Å². The van der Waals surface area contributed by atoms with Crippen molar-refractivity contribution in [3.63, 3.8) is 0 Å². The van der Waals surface area contributed by atoms with Crippen molar-refractivity contribution in [1.29, 1.82) is 0 Å². The predicted octanol–water partition coefficient (Wildman–Crippen LogP) is 1.57. The number of para-hydroxylation sites is 1. The van der Waals surface area contributed by atoms with E-state index in [2.05, 4.69) is 20.6 Å². The van der Waals surface area contributed by atoms with Crippen molar-refractivity contribution in [1.82, 2.24) is 29.9 Å². The Balaban J connectivity index is 1.55. The summed E-state index contributed by atoms with van der Waals surface area (Å²) in [7, 11) is 0. The van der Waals surface area contributed by atoms with Crippen LogP contribution in [0.15, 0.2) is 47.3 Å². The molecule has 0 fully saturated rings. The van der Waals surface area contributed by atoms with Crippen molar-refractivity contribution in [2.75, 3.05) is 13.2 Å². The largest absolute Gasteiger partial charge is 0.492 e. The van der Waals surface area contributed by atoms with Crippen LogP contribution < -0.4 is 15.6 Å². The van der Waals surface area contributed by atoms with Gasteiger partial charge in [-0.3, -0.25) is 14.7 Å². The molecule has 3 rings (SSSR count). The molecule has 1 amide bonds. The maximum atomic E-state index is 12.4. The van der Waals surface area contributed by atoms with Gasteiger partial charge in [0.1, 0.15) is 23.9 Å². The average molecular weight is 414 g/mol. The summed E-state index contributed by atoms with van der Waals surface area (Å²) in [5.41, 5.74) is -0.129. The van der Waals surface area contributed by atoms with Crippen LogP contribution in [0.4, 0.5) is 0 Å². The number of carbonyl (C=O) groups excluding carboxylic acids is 1. The van der Waals surface area contributed by atoms with Crippen molar-refractivity contribution >= 4 is 18.1 Å². The van der Waals surface area contributed by atoms with Crippen LogP contribution in [0, 0.1) is 4.77 Å². The van der Waals surface area contributed by atoms with Crippen LogP contribution in [-0.2, 0) is 19.5 Å². The molecule has 3 aromatic rings. The van der Waals surface area contributed by atoms with Crippen LogP contribution >= 0.6 is 12.2 Å². The number of nitrogens with one attached hydrogen (secondary N) is 2. The highest BCUT2D eigenvalue weighted by Crippen LogP contribution is 2.07. The molecule has 0 saturated heterocycles. The van der Waals surface area contributed by atoms with Gasteiger partial charge in [-0.1, -0.05) is 18.2 Å². The lowest BCUT2D eigenvalue weighted by Gasteiger charge is -2.09. The molecule has 0 atom stereocenters. The first-order chi connectivity index (χ1) is 14.1. The fourth-order valence-electron chi connectivity index (χ4n) is 2.74. The third-order valence-corrected chi connectivity index (χ3v) is 4.51. The Morgan fingerprint density at radius 2 is 2.03 bits per heavy atom. The number of amides is 1. The molecule has 29 heavy (non-hydrogen) atoms. The molecule has 152 valence electrons. The molecule has 0 saturated carbocycles. The van der Waals surface area contributed by atoms with Gasteiger partial charge in [0.05, 0.1) is 6.54 Å². The molecule has 1 aromatic carbocycles. The molecule has 0 aliphatic carbocycles. The second-order valence-corrected chi connectivity index (χ2v) is 6.52. The van der Waals surface area contributed by atoms with E-state index in [1.807, 2.05) is 41.8 Å². The van der Waals surface area contributed by atoms with Crippen molar-refractivity contribution < 1.29 is 9.53 Å². The number of nitrogens with zero attached hydrogens (tertiary/aromatic N) is 4. The Bertz CT molecular complexity index is 1070. The SMILES string of the molecule is CCn1c(CCNC(=O)c2ccc(=O)n(CCOc3ccccc3)n2)n[nH]c1=S. The molecule has 0 unspecified atom stereocenters. The topological polar surface area (TPSA) is 107 Å². The number of H-pyrrole nitrogens is 1. The molecule has 2 heterocycles. The Labute approximate surface area is 172 Å². The predicted molar refractivity (Wildman–Crippen MR) is 110 cm³/mol. The number of hydrogen-bond donors (Lipinski definition) is 2. The highest BCUT2D eigenvalue weighted by molar-refractivity contribution is 7.71. The van der Waals surface area contributed by atoms with Gasteiger partial charge in [0.25, 0.3) is 11.5 Å². The Morgan fingerprint density at radius 1 is 1.24 bits per heavy atom. The minimum Gasteiger partial charge on any atom is -0.492 e. The molecule has 0 spiro atoms. The van der Waals surface area contributed by atoms with E-state index < -0.39 is 0 Å². The number of aromatic nitrogens is 5. The van der Waals surface area contributed by atoms with Gasteiger partial charge in [-0.05, 0) is 37.3 Å². The molecule has 0 aliphatic heterocycles. The average Bonchev–Trinajstić information content (AvgIpc) is 3.09. The van der Waals surface area contributed by atoms with E-state index in [1.54, 1.807) is 0 Å². The van der Waals surface area contributed by atoms with E-state index in [-0.39, 0.29) is 30.3 Å². The van der Waals surface area contributed by atoms with Gasteiger partial charge in [-0.2, -0.15) is 10.2 Å². The highest BCUT2D eigenvalue weighted by Gasteiger charge is 2.11. The lowest BCUT2D eigenvalue weighted by Crippen LogP contribution is -2.32. The van der Waals surface area contributed by atoms with E-state index in [0.717, 1.165) is 5.82 Å². The van der Waals surface area contributed by atoms with Crippen molar-refractivity contribution in [3.05, 3.63) is 69.1 Å². The van der Waals surface area contributed by atoms with E-state index >= 15 is 0 Å². The standard InChI is InChI=1S/C19H22N6O3S/c1-2-24-16(21-22-19(24)29)10-11-20-18(27)15-8-9-17(26)25(23-15)12-13-28-14-6-4-3-5-7-14/h3-9H,2,10-13H2,1H3,(H,20,27)(H,22,29). The summed E-state index contributed by atoms with van der Waals surface area (Å²) in [5, 5.41) is 13.8. The van der Waals surface area contributed by atoms with Crippen LogP contribution in [-0.4, -0.2) is 43.6 Å². The zero-order chi connectivity index (χ0) is 20.6.